The molecule has 0 saturated heterocycles. The van der Waals surface area contributed by atoms with Gasteiger partial charge in [-0.2, -0.15) is 0 Å². The van der Waals surface area contributed by atoms with Crippen molar-refractivity contribution in [1.29, 1.82) is 0 Å². The highest BCUT2D eigenvalue weighted by Crippen LogP contribution is 2.40. The third-order valence-electron chi connectivity index (χ3n) is 8.29. The van der Waals surface area contributed by atoms with Crippen molar-refractivity contribution in [3.8, 4) is 17.2 Å². The molecule has 4 heteroatoms. The van der Waals surface area contributed by atoms with Gasteiger partial charge in [-0.05, 0) is 131 Å². The Balaban J connectivity index is 1.60. The van der Waals surface area contributed by atoms with Gasteiger partial charge in [0.2, 0.25) is 0 Å². The number of ether oxygens (including phenoxy) is 3. The molecule has 0 fully saturated rings. The second-order valence-corrected chi connectivity index (χ2v) is 13.4. The molecule has 6 aromatic carbocycles. The fraction of sp³-hybridized carbons (Fsp3) is 0.143. The van der Waals surface area contributed by atoms with Crippen molar-refractivity contribution in [2.45, 2.75) is 19.3 Å². The van der Waals surface area contributed by atoms with Crippen LogP contribution in [0, 0.1) is 0 Å². The van der Waals surface area contributed by atoms with Gasteiger partial charge in [-0.3, -0.25) is 0 Å². The second-order valence-electron chi connectivity index (χ2n) is 11.3. The number of methoxy groups -OCH3 is 3. The summed E-state index contributed by atoms with van der Waals surface area (Å²) >= 11 is 0. The first-order chi connectivity index (χ1) is 22.6. The number of hydrogen-bond donors (Lipinski definition) is 0. The van der Waals surface area contributed by atoms with Crippen molar-refractivity contribution < 1.29 is 14.2 Å². The molecule has 0 amide bonds. The first-order valence-corrected chi connectivity index (χ1v) is 16.9. The summed E-state index contributed by atoms with van der Waals surface area (Å²) in [6.07, 6.45) is 2.42. The van der Waals surface area contributed by atoms with Gasteiger partial charge in [-0.1, -0.05) is 91.0 Å². The molecule has 0 unspecified atom stereocenters. The fourth-order valence-electron chi connectivity index (χ4n) is 5.98. The summed E-state index contributed by atoms with van der Waals surface area (Å²) in [7, 11) is 4.21. The zero-order chi connectivity index (χ0) is 31.7. The van der Waals surface area contributed by atoms with Crippen molar-refractivity contribution in [3.63, 3.8) is 0 Å². The van der Waals surface area contributed by atoms with Gasteiger partial charge >= 0.3 is 0 Å². The highest BCUT2D eigenvalue weighted by atomic mass is 31.1. The van der Waals surface area contributed by atoms with Crippen LogP contribution in [0.2, 0.25) is 0 Å². The van der Waals surface area contributed by atoms with Crippen LogP contribution in [0.3, 0.4) is 0 Å². The highest BCUT2D eigenvalue weighted by molar-refractivity contribution is 7.80. The maximum Gasteiger partial charge on any atom is 0.119 e. The Morgan fingerprint density at radius 1 is 0.370 bits per heavy atom. The molecule has 0 aromatic heterocycles. The lowest BCUT2D eigenvalue weighted by atomic mass is 10.0. The van der Waals surface area contributed by atoms with E-state index in [-0.39, 0.29) is 0 Å². The Bertz CT molecular complexity index is 1650. The second kappa shape index (κ2) is 15.0. The van der Waals surface area contributed by atoms with Crippen molar-refractivity contribution in [2.24, 2.45) is 0 Å². The molecular weight excluding hydrogens is 583 g/mol. The van der Waals surface area contributed by atoms with Gasteiger partial charge in [0.05, 0.1) is 21.3 Å². The van der Waals surface area contributed by atoms with Crippen LogP contribution >= 0.6 is 7.92 Å². The molecule has 3 nitrogen and oxygen atoms in total. The first-order valence-electron chi connectivity index (χ1n) is 15.6. The molecule has 0 saturated carbocycles. The van der Waals surface area contributed by atoms with Gasteiger partial charge in [0.1, 0.15) is 17.2 Å². The summed E-state index contributed by atoms with van der Waals surface area (Å²) in [5.41, 5.74) is 7.60. The Kier molecular flexibility index (Phi) is 10.1. The third-order valence-corrected chi connectivity index (χ3v) is 11.0. The summed E-state index contributed by atoms with van der Waals surface area (Å²) in [6.45, 7) is 0. The van der Waals surface area contributed by atoms with E-state index >= 15 is 0 Å². The van der Waals surface area contributed by atoms with E-state index in [0.717, 1.165) is 36.5 Å². The smallest absolute Gasteiger partial charge is 0.119 e. The molecule has 6 aromatic rings. The molecular formula is C42H39O3P. The SMILES string of the molecule is COc1ccc(P(c2ccc(OC)cc2Cc2ccccc2)c2ccc(OC)cc2Cc2ccccc2)c(Cc2ccccc2)c1. The van der Waals surface area contributed by atoms with Gasteiger partial charge in [0.15, 0.2) is 0 Å². The van der Waals surface area contributed by atoms with Crippen LogP contribution in [0.25, 0.3) is 0 Å². The van der Waals surface area contributed by atoms with Crippen molar-refractivity contribution >= 4 is 23.8 Å². The van der Waals surface area contributed by atoms with Crippen LogP contribution in [0.4, 0.5) is 0 Å². The average Bonchev–Trinajstić information content (AvgIpc) is 3.11. The zero-order valence-corrected chi connectivity index (χ0v) is 27.5. The molecule has 6 rings (SSSR count). The maximum absolute atomic E-state index is 5.78. The minimum Gasteiger partial charge on any atom is -0.497 e. The monoisotopic (exact) mass is 622 g/mol. The van der Waals surface area contributed by atoms with Crippen molar-refractivity contribution in [1.82, 2.24) is 0 Å². The predicted molar refractivity (Wildman–Crippen MR) is 193 cm³/mol. The van der Waals surface area contributed by atoms with E-state index in [1.54, 1.807) is 21.3 Å². The summed E-state index contributed by atoms with van der Waals surface area (Å²) in [4.78, 5) is 0. The molecule has 0 N–H and O–H groups in total. The molecule has 46 heavy (non-hydrogen) atoms. The van der Waals surface area contributed by atoms with Gasteiger partial charge in [-0.15, -0.1) is 0 Å². The van der Waals surface area contributed by atoms with Crippen LogP contribution in [0.1, 0.15) is 33.4 Å². The molecule has 0 radical (unpaired) electrons. The van der Waals surface area contributed by atoms with E-state index in [4.69, 9.17) is 14.2 Å². The van der Waals surface area contributed by atoms with Crippen LogP contribution in [0.15, 0.2) is 146 Å². The topological polar surface area (TPSA) is 27.7 Å². The number of benzene rings is 6. The number of hydrogen-bond acceptors (Lipinski definition) is 3. The molecule has 0 aliphatic rings. The van der Waals surface area contributed by atoms with Crippen LogP contribution in [0.5, 0.6) is 17.2 Å². The van der Waals surface area contributed by atoms with Gasteiger partial charge in [-0.25, -0.2) is 0 Å². The van der Waals surface area contributed by atoms with Gasteiger partial charge in [0, 0.05) is 0 Å². The molecule has 0 heterocycles. The lowest BCUT2D eigenvalue weighted by molar-refractivity contribution is 0.414. The summed E-state index contributed by atoms with van der Waals surface area (Å²) in [6, 6.07) is 52.0. The van der Waals surface area contributed by atoms with E-state index in [0.29, 0.717) is 0 Å². The molecule has 0 atom stereocenters. The van der Waals surface area contributed by atoms with Crippen LogP contribution in [-0.4, -0.2) is 21.3 Å². The Labute approximate surface area is 274 Å². The number of rotatable bonds is 12. The van der Waals surface area contributed by atoms with Gasteiger partial charge < -0.3 is 14.2 Å². The maximum atomic E-state index is 5.78. The molecule has 230 valence electrons. The average molecular weight is 623 g/mol. The van der Waals surface area contributed by atoms with E-state index in [1.165, 1.54) is 49.3 Å². The normalized spacial score (nSPS) is 11.0. The summed E-state index contributed by atoms with van der Waals surface area (Å²) < 4.78 is 17.3. The summed E-state index contributed by atoms with van der Waals surface area (Å²) in [5, 5.41) is 3.95. The van der Waals surface area contributed by atoms with Crippen molar-refractivity contribution in [2.75, 3.05) is 21.3 Å². The lowest BCUT2D eigenvalue weighted by Gasteiger charge is -2.28. The molecule has 0 aliphatic carbocycles. The minimum atomic E-state index is -1.02. The predicted octanol–water partition coefficient (Wildman–Crippen LogP) is 8.24. The van der Waals surface area contributed by atoms with Crippen molar-refractivity contribution in [3.05, 3.63) is 179 Å². The van der Waals surface area contributed by atoms with E-state index in [1.807, 2.05) is 0 Å². The quantitative estimate of drug-likeness (QED) is 0.129. The van der Waals surface area contributed by atoms with E-state index in [9.17, 15) is 0 Å². The zero-order valence-electron chi connectivity index (χ0n) is 26.6. The summed E-state index contributed by atoms with van der Waals surface area (Å²) in [5.74, 6) is 2.59. The van der Waals surface area contributed by atoms with Gasteiger partial charge in [0.25, 0.3) is 0 Å². The third kappa shape index (κ3) is 7.33. The fourth-order valence-corrected chi connectivity index (χ4v) is 8.72. The molecule has 0 aliphatic heterocycles. The lowest BCUT2D eigenvalue weighted by Crippen LogP contribution is -2.28. The van der Waals surface area contributed by atoms with Crippen LogP contribution < -0.4 is 30.1 Å². The largest absolute Gasteiger partial charge is 0.497 e. The van der Waals surface area contributed by atoms with Crippen LogP contribution in [-0.2, 0) is 19.3 Å². The van der Waals surface area contributed by atoms with E-state index in [2.05, 4.69) is 146 Å². The standard InChI is InChI=1S/C42H39O3P/c1-43-37-19-22-40(34(28-37)25-31-13-7-4-8-14-31)46(41-23-20-38(44-2)29-35(41)26-32-15-9-5-10-16-32)42-24-21-39(45-3)30-36(42)27-33-17-11-6-12-18-33/h4-24,28-30H,25-27H2,1-3H3. The molecule has 0 bridgehead atoms. The Hall–Kier alpha value is -4.85. The Morgan fingerprint density at radius 3 is 0.913 bits per heavy atom. The first kappa shape index (κ1) is 31.1. The highest BCUT2D eigenvalue weighted by Gasteiger charge is 2.26. The van der Waals surface area contributed by atoms with E-state index < -0.39 is 7.92 Å². The Morgan fingerprint density at radius 2 is 0.652 bits per heavy atom. The molecule has 0 spiro atoms. The minimum absolute atomic E-state index is 0.806.